The maximum Gasteiger partial charge on any atom is 0.242 e. The van der Waals surface area contributed by atoms with Crippen LogP contribution >= 0.6 is 0 Å². The van der Waals surface area contributed by atoms with E-state index >= 15 is 0 Å². The lowest BCUT2D eigenvalue weighted by Gasteiger charge is -2.34. The molecule has 142 valence electrons. The number of fused-ring (bicyclic) bond motifs is 1. The number of aliphatic imine (C=N–C) groups is 1. The SMILES string of the molecule is CCOC1CCN(C(=NC)NCC(=O)N2CCc3ccccc3C2)CC1. The second-order valence-electron chi connectivity index (χ2n) is 6.88. The molecule has 6 nitrogen and oxygen atoms in total. The largest absolute Gasteiger partial charge is 0.378 e. The number of carbonyl (C=O) groups is 1. The summed E-state index contributed by atoms with van der Waals surface area (Å²) in [5.74, 6) is 0.940. The molecule has 0 saturated carbocycles. The van der Waals surface area contributed by atoms with Crippen molar-refractivity contribution < 1.29 is 9.53 Å². The van der Waals surface area contributed by atoms with E-state index in [1.54, 1.807) is 7.05 Å². The van der Waals surface area contributed by atoms with E-state index < -0.39 is 0 Å². The molecule has 1 aromatic carbocycles. The minimum absolute atomic E-state index is 0.129. The minimum Gasteiger partial charge on any atom is -0.378 e. The molecule has 2 aliphatic rings. The van der Waals surface area contributed by atoms with Crippen LogP contribution in [0.2, 0.25) is 0 Å². The Bertz CT molecular complexity index is 638. The highest BCUT2D eigenvalue weighted by molar-refractivity contribution is 5.86. The Morgan fingerprint density at radius 3 is 2.62 bits per heavy atom. The van der Waals surface area contributed by atoms with Crippen LogP contribution in [-0.4, -0.2) is 67.6 Å². The fourth-order valence-corrected chi connectivity index (χ4v) is 3.78. The molecule has 1 N–H and O–H groups in total. The first kappa shape index (κ1) is 18.7. The molecule has 2 aliphatic heterocycles. The third kappa shape index (κ3) is 4.55. The van der Waals surface area contributed by atoms with Gasteiger partial charge in [-0.1, -0.05) is 24.3 Å². The van der Waals surface area contributed by atoms with Gasteiger partial charge in [0.1, 0.15) is 0 Å². The summed E-state index contributed by atoms with van der Waals surface area (Å²) < 4.78 is 5.70. The highest BCUT2D eigenvalue weighted by Gasteiger charge is 2.23. The van der Waals surface area contributed by atoms with Crippen LogP contribution in [-0.2, 0) is 22.5 Å². The van der Waals surface area contributed by atoms with Gasteiger partial charge in [-0.2, -0.15) is 0 Å². The summed E-state index contributed by atoms with van der Waals surface area (Å²) in [7, 11) is 1.78. The number of piperidine rings is 1. The first-order chi connectivity index (χ1) is 12.7. The molecule has 0 bridgehead atoms. The minimum atomic E-state index is 0.129. The number of rotatable bonds is 4. The van der Waals surface area contributed by atoms with Gasteiger partial charge in [0.05, 0.1) is 12.6 Å². The average Bonchev–Trinajstić information content (AvgIpc) is 2.69. The number of hydrogen-bond donors (Lipinski definition) is 1. The molecule has 3 rings (SSSR count). The Morgan fingerprint density at radius 1 is 1.19 bits per heavy atom. The average molecular weight is 358 g/mol. The molecular formula is C20H30N4O2. The van der Waals surface area contributed by atoms with E-state index in [2.05, 4.69) is 33.4 Å². The molecule has 0 aromatic heterocycles. The predicted octanol–water partition coefficient (Wildman–Crippen LogP) is 1.65. The van der Waals surface area contributed by atoms with Crippen molar-refractivity contribution in [1.82, 2.24) is 15.1 Å². The zero-order valence-corrected chi connectivity index (χ0v) is 15.9. The van der Waals surface area contributed by atoms with Crippen LogP contribution in [0.5, 0.6) is 0 Å². The predicted molar refractivity (Wildman–Crippen MR) is 103 cm³/mol. The van der Waals surface area contributed by atoms with Crippen LogP contribution in [0, 0.1) is 0 Å². The molecular weight excluding hydrogens is 328 g/mol. The van der Waals surface area contributed by atoms with E-state index in [0.717, 1.165) is 51.5 Å². The molecule has 0 unspecified atom stereocenters. The molecule has 1 saturated heterocycles. The van der Waals surface area contributed by atoms with Crippen molar-refractivity contribution in [2.45, 2.75) is 38.8 Å². The molecule has 0 aliphatic carbocycles. The van der Waals surface area contributed by atoms with Crippen molar-refractivity contribution in [3.8, 4) is 0 Å². The lowest BCUT2D eigenvalue weighted by molar-refractivity contribution is -0.130. The second kappa shape index (κ2) is 9.03. The highest BCUT2D eigenvalue weighted by Crippen LogP contribution is 2.18. The van der Waals surface area contributed by atoms with Crippen LogP contribution in [0.25, 0.3) is 0 Å². The van der Waals surface area contributed by atoms with Crippen molar-refractivity contribution in [3.63, 3.8) is 0 Å². The maximum atomic E-state index is 12.6. The van der Waals surface area contributed by atoms with E-state index in [1.165, 1.54) is 11.1 Å². The maximum absolute atomic E-state index is 12.6. The van der Waals surface area contributed by atoms with E-state index in [4.69, 9.17) is 4.74 Å². The summed E-state index contributed by atoms with van der Waals surface area (Å²) in [5.41, 5.74) is 2.62. The lowest BCUT2D eigenvalue weighted by atomic mass is 10.00. The molecule has 6 heteroatoms. The van der Waals surface area contributed by atoms with Gasteiger partial charge in [0.15, 0.2) is 5.96 Å². The normalized spacial score (nSPS) is 18.6. The molecule has 1 amide bonds. The van der Waals surface area contributed by atoms with Gasteiger partial charge >= 0.3 is 0 Å². The lowest BCUT2D eigenvalue weighted by Crippen LogP contribution is -2.50. The number of amides is 1. The van der Waals surface area contributed by atoms with Gasteiger partial charge in [-0.15, -0.1) is 0 Å². The molecule has 0 atom stereocenters. The fourth-order valence-electron chi connectivity index (χ4n) is 3.78. The third-order valence-corrected chi connectivity index (χ3v) is 5.24. The van der Waals surface area contributed by atoms with Gasteiger partial charge in [-0.25, -0.2) is 0 Å². The summed E-state index contributed by atoms with van der Waals surface area (Å²) in [6, 6.07) is 8.38. The Hall–Kier alpha value is -2.08. The summed E-state index contributed by atoms with van der Waals surface area (Å²) in [4.78, 5) is 21.1. The second-order valence-corrected chi connectivity index (χ2v) is 6.88. The van der Waals surface area contributed by atoms with Crippen molar-refractivity contribution in [1.29, 1.82) is 0 Å². The van der Waals surface area contributed by atoms with Gasteiger partial charge in [-0.3, -0.25) is 9.79 Å². The van der Waals surface area contributed by atoms with Crippen LogP contribution in [0.4, 0.5) is 0 Å². The zero-order valence-electron chi connectivity index (χ0n) is 15.9. The quantitative estimate of drug-likeness (QED) is 0.657. The summed E-state index contributed by atoms with van der Waals surface area (Å²) in [6.07, 6.45) is 3.29. The molecule has 26 heavy (non-hydrogen) atoms. The van der Waals surface area contributed by atoms with Crippen molar-refractivity contribution in [3.05, 3.63) is 35.4 Å². The van der Waals surface area contributed by atoms with Crippen LogP contribution < -0.4 is 5.32 Å². The smallest absolute Gasteiger partial charge is 0.242 e. The van der Waals surface area contributed by atoms with E-state index in [9.17, 15) is 4.79 Å². The van der Waals surface area contributed by atoms with Crippen LogP contribution in [0.3, 0.4) is 0 Å². The van der Waals surface area contributed by atoms with E-state index in [1.807, 2.05) is 17.9 Å². The van der Waals surface area contributed by atoms with Gasteiger partial charge in [-0.05, 0) is 37.3 Å². The monoisotopic (exact) mass is 358 g/mol. The fraction of sp³-hybridized carbons (Fsp3) is 0.600. The highest BCUT2D eigenvalue weighted by atomic mass is 16.5. The number of nitrogens with zero attached hydrogens (tertiary/aromatic N) is 3. The topological polar surface area (TPSA) is 57.2 Å². The first-order valence-electron chi connectivity index (χ1n) is 9.63. The molecule has 0 radical (unpaired) electrons. The number of guanidine groups is 1. The number of nitrogens with one attached hydrogen (secondary N) is 1. The number of hydrogen-bond acceptors (Lipinski definition) is 3. The summed E-state index contributed by atoms with van der Waals surface area (Å²) in [5, 5.41) is 3.25. The Kier molecular flexibility index (Phi) is 6.50. The Morgan fingerprint density at radius 2 is 1.92 bits per heavy atom. The van der Waals surface area contributed by atoms with E-state index in [-0.39, 0.29) is 5.91 Å². The van der Waals surface area contributed by atoms with E-state index in [0.29, 0.717) is 19.2 Å². The third-order valence-electron chi connectivity index (χ3n) is 5.24. The Balaban J connectivity index is 1.48. The number of ether oxygens (including phenoxy) is 1. The Labute approximate surface area is 156 Å². The molecule has 1 aromatic rings. The van der Waals surface area contributed by atoms with Gasteiger partial charge in [0.25, 0.3) is 0 Å². The number of benzene rings is 1. The van der Waals surface area contributed by atoms with Gasteiger partial charge in [0, 0.05) is 39.8 Å². The first-order valence-corrected chi connectivity index (χ1v) is 9.63. The number of carbonyl (C=O) groups excluding carboxylic acids is 1. The van der Waals surface area contributed by atoms with Crippen LogP contribution in [0.15, 0.2) is 29.3 Å². The molecule has 1 fully saturated rings. The summed E-state index contributed by atoms with van der Waals surface area (Å²) >= 11 is 0. The number of likely N-dealkylation sites (tertiary alicyclic amines) is 1. The van der Waals surface area contributed by atoms with Gasteiger partial charge in [0.2, 0.25) is 5.91 Å². The van der Waals surface area contributed by atoms with Crippen molar-refractivity contribution >= 4 is 11.9 Å². The molecule has 2 heterocycles. The standard InChI is InChI=1S/C20H30N4O2/c1-3-26-18-9-12-23(13-10-18)20(21-2)22-14-19(25)24-11-8-16-6-4-5-7-17(16)15-24/h4-7,18H,3,8-15H2,1-2H3,(H,21,22). The van der Waals surface area contributed by atoms with Crippen LogP contribution in [0.1, 0.15) is 30.9 Å². The van der Waals surface area contributed by atoms with Gasteiger partial charge < -0.3 is 19.9 Å². The molecule has 0 spiro atoms. The van der Waals surface area contributed by atoms with Crippen molar-refractivity contribution in [2.24, 2.45) is 4.99 Å². The summed E-state index contributed by atoms with van der Waals surface area (Å²) in [6.45, 7) is 6.42. The van der Waals surface area contributed by atoms with Crippen molar-refractivity contribution in [2.75, 3.05) is 39.8 Å². The zero-order chi connectivity index (χ0) is 18.4.